The highest BCUT2D eigenvalue weighted by atomic mass is 32.2. The van der Waals surface area contributed by atoms with Crippen molar-refractivity contribution < 1.29 is 17.9 Å². The quantitative estimate of drug-likeness (QED) is 0.259. The van der Waals surface area contributed by atoms with Gasteiger partial charge in [-0.3, -0.25) is 0 Å². The van der Waals surface area contributed by atoms with Crippen molar-refractivity contribution in [3.05, 3.63) is 96.2 Å². The number of piperazine rings is 1. The van der Waals surface area contributed by atoms with Crippen LogP contribution in [-0.4, -0.2) is 54.7 Å². The third-order valence-electron chi connectivity index (χ3n) is 7.03. The molecule has 3 aromatic carbocycles. The number of aryl methyl sites for hydroxylation is 1. The van der Waals surface area contributed by atoms with Crippen LogP contribution in [0.2, 0.25) is 0 Å². The molecule has 0 bridgehead atoms. The minimum Gasteiger partial charge on any atom is -0.444 e. The first kappa shape index (κ1) is 30.2. The molecule has 0 saturated carbocycles. The van der Waals surface area contributed by atoms with Gasteiger partial charge in [0.1, 0.15) is 5.60 Å². The lowest BCUT2D eigenvalue weighted by Gasteiger charge is -2.43. The average Bonchev–Trinajstić information content (AvgIpc) is 3.30. The Hall–Kier alpha value is -3.78. The van der Waals surface area contributed by atoms with E-state index in [1.54, 1.807) is 41.4 Å². The lowest BCUT2D eigenvalue weighted by Crippen LogP contribution is -2.56. The fraction of sp³-hybridized carbons (Fsp3) is 0.364. The van der Waals surface area contributed by atoms with E-state index in [-0.39, 0.29) is 17.0 Å². The first-order chi connectivity index (χ1) is 19.5. The highest BCUT2D eigenvalue weighted by Gasteiger charge is 2.33. The number of ether oxygens (including phenoxy) is 1. The van der Waals surface area contributed by atoms with Crippen LogP contribution in [0.15, 0.2) is 90.0 Å². The summed E-state index contributed by atoms with van der Waals surface area (Å²) in [6, 6.07) is 24.7. The molecular weight excluding hydrogens is 534 g/mol. The van der Waals surface area contributed by atoms with Gasteiger partial charge in [0.05, 0.1) is 16.5 Å². The molecule has 8 heteroatoms. The Morgan fingerprint density at radius 1 is 0.927 bits per heavy atom. The molecule has 1 aliphatic heterocycles. The van der Waals surface area contributed by atoms with E-state index in [2.05, 4.69) is 23.1 Å². The summed E-state index contributed by atoms with van der Waals surface area (Å²) in [6.45, 7) is 13.3. The lowest BCUT2D eigenvalue weighted by molar-refractivity contribution is 0.0214. The summed E-state index contributed by atoms with van der Waals surface area (Å²) in [5.74, 6) is 0. The largest absolute Gasteiger partial charge is 0.444 e. The number of aromatic nitrogens is 1. The SMILES string of the molecule is CC.Cc1cn(S(=O)(=O)c2ccccc2)c2ccc(N3CCN(C(=O)OC(C)(C)C)CC3Cc3ccccc3)cc12. The number of carbonyl (C=O) groups excluding carboxylic acids is 1. The topological polar surface area (TPSA) is 71.9 Å². The van der Waals surface area contributed by atoms with E-state index in [1.807, 2.05) is 71.9 Å². The number of hydrogen-bond donors (Lipinski definition) is 0. The molecule has 218 valence electrons. The van der Waals surface area contributed by atoms with Gasteiger partial charge in [-0.1, -0.05) is 62.4 Å². The first-order valence-corrected chi connectivity index (χ1v) is 15.7. The Morgan fingerprint density at radius 2 is 1.56 bits per heavy atom. The van der Waals surface area contributed by atoms with E-state index in [9.17, 15) is 13.2 Å². The summed E-state index contributed by atoms with van der Waals surface area (Å²) in [4.78, 5) is 17.3. The molecule has 41 heavy (non-hydrogen) atoms. The smallest absolute Gasteiger partial charge is 0.410 e. The predicted octanol–water partition coefficient (Wildman–Crippen LogP) is 6.88. The molecule has 1 aliphatic rings. The van der Waals surface area contributed by atoms with Crippen molar-refractivity contribution in [3.63, 3.8) is 0 Å². The van der Waals surface area contributed by atoms with Crippen molar-refractivity contribution in [2.45, 2.75) is 64.5 Å². The van der Waals surface area contributed by atoms with Crippen LogP contribution in [0.25, 0.3) is 10.9 Å². The molecule has 2 heterocycles. The van der Waals surface area contributed by atoms with Gasteiger partial charge in [-0.2, -0.15) is 0 Å². The number of benzene rings is 3. The van der Waals surface area contributed by atoms with Gasteiger partial charge in [0, 0.05) is 36.9 Å². The number of amides is 1. The minimum absolute atomic E-state index is 0.0292. The van der Waals surface area contributed by atoms with Crippen molar-refractivity contribution in [1.82, 2.24) is 8.87 Å². The standard InChI is InChI=1S/C31H35N3O4S.C2H6/c1-23-21-34(39(36,37)27-13-9-6-10-14-27)29-16-15-25(20-28(23)29)33-18-17-32(30(35)38-31(2,3)4)22-26(33)19-24-11-7-5-8-12-24;1-2/h5-16,20-21,26H,17-19,22H2,1-4H3;1-2H3. The van der Waals surface area contributed by atoms with E-state index in [1.165, 1.54) is 9.54 Å². The van der Waals surface area contributed by atoms with Crippen molar-refractivity contribution in [3.8, 4) is 0 Å². The fourth-order valence-corrected chi connectivity index (χ4v) is 6.62. The molecule has 0 aliphatic carbocycles. The van der Waals surface area contributed by atoms with Gasteiger partial charge < -0.3 is 14.5 Å². The minimum atomic E-state index is -3.72. The third-order valence-corrected chi connectivity index (χ3v) is 8.72. The number of rotatable bonds is 5. The molecule has 7 nitrogen and oxygen atoms in total. The predicted molar refractivity (Wildman–Crippen MR) is 166 cm³/mol. The van der Waals surface area contributed by atoms with Crippen LogP contribution in [0, 0.1) is 6.92 Å². The highest BCUT2D eigenvalue weighted by Crippen LogP contribution is 2.32. The maximum atomic E-state index is 13.4. The third kappa shape index (κ3) is 6.76. The van der Waals surface area contributed by atoms with Gasteiger partial charge >= 0.3 is 6.09 Å². The van der Waals surface area contributed by atoms with E-state index in [4.69, 9.17) is 4.74 Å². The molecule has 0 radical (unpaired) electrons. The molecular formula is C33H41N3O4S. The molecule has 1 atom stereocenters. The molecule has 4 aromatic rings. The first-order valence-electron chi connectivity index (χ1n) is 14.2. The molecule has 1 unspecified atom stereocenters. The fourth-order valence-electron chi connectivity index (χ4n) is 5.18. The lowest BCUT2D eigenvalue weighted by atomic mass is 10.0. The number of fused-ring (bicyclic) bond motifs is 1. The summed E-state index contributed by atoms with van der Waals surface area (Å²) in [6.07, 6.45) is 2.16. The summed E-state index contributed by atoms with van der Waals surface area (Å²) >= 11 is 0. The monoisotopic (exact) mass is 575 g/mol. The Labute approximate surface area is 244 Å². The van der Waals surface area contributed by atoms with Crippen LogP contribution in [0.3, 0.4) is 0 Å². The maximum absolute atomic E-state index is 13.4. The Morgan fingerprint density at radius 3 is 2.20 bits per heavy atom. The average molecular weight is 576 g/mol. The maximum Gasteiger partial charge on any atom is 0.410 e. The van der Waals surface area contributed by atoms with Gasteiger partial charge in [-0.25, -0.2) is 17.2 Å². The number of hydrogen-bond acceptors (Lipinski definition) is 5. The van der Waals surface area contributed by atoms with Gasteiger partial charge in [0.15, 0.2) is 0 Å². The summed E-state index contributed by atoms with van der Waals surface area (Å²) in [5.41, 5.74) is 3.17. The summed E-state index contributed by atoms with van der Waals surface area (Å²) < 4.78 is 33.9. The Kier molecular flexibility index (Phi) is 9.12. The van der Waals surface area contributed by atoms with Crippen molar-refractivity contribution in [2.75, 3.05) is 24.5 Å². The van der Waals surface area contributed by atoms with Crippen molar-refractivity contribution in [2.24, 2.45) is 0 Å². The van der Waals surface area contributed by atoms with Gasteiger partial charge in [-0.15, -0.1) is 0 Å². The van der Waals surface area contributed by atoms with Gasteiger partial charge in [-0.05, 0) is 75.6 Å². The summed E-state index contributed by atoms with van der Waals surface area (Å²) in [5, 5.41) is 0.889. The van der Waals surface area contributed by atoms with Crippen LogP contribution in [-0.2, 0) is 21.2 Å². The second-order valence-electron chi connectivity index (χ2n) is 11.1. The van der Waals surface area contributed by atoms with E-state index >= 15 is 0 Å². The Balaban J connectivity index is 0.00000189. The van der Waals surface area contributed by atoms with E-state index in [0.717, 1.165) is 23.1 Å². The summed E-state index contributed by atoms with van der Waals surface area (Å²) in [7, 11) is -3.72. The zero-order valence-corrected chi connectivity index (χ0v) is 25.7. The van der Waals surface area contributed by atoms with E-state index < -0.39 is 15.6 Å². The molecule has 0 spiro atoms. The second kappa shape index (κ2) is 12.4. The number of carbonyl (C=O) groups is 1. The van der Waals surface area contributed by atoms with Crippen LogP contribution in [0.5, 0.6) is 0 Å². The molecule has 1 saturated heterocycles. The number of anilines is 1. The van der Waals surface area contributed by atoms with Gasteiger partial charge in [0.2, 0.25) is 0 Å². The zero-order chi connectivity index (χ0) is 29.8. The molecule has 1 amide bonds. The van der Waals surface area contributed by atoms with Crippen LogP contribution in [0.4, 0.5) is 10.5 Å². The Bertz CT molecular complexity index is 1580. The second-order valence-corrected chi connectivity index (χ2v) is 12.9. The van der Waals surface area contributed by atoms with Crippen LogP contribution in [0.1, 0.15) is 45.7 Å². The highest BCUT2D eigenvalue weighted by molar-refractivity contribution is 7.90. The molecule has 1 aromatic heterocycles. The van der Waals surface area contributed by atoms with Crippen molar-refractivity contribution in [1.29, 1.82) is 0 Å². The molecule has 1 fully saturated rings. The van der Waals surface area contributed by atoms with E-state index in [0.29, 0.717) is 25.2 Å². The zero-order valence-electron chi connectivity index (χ0n) is 24.9. The number of nitrogens with zero attached hydrogens (tertiary/aromatic N) is 3. The van der Waals surface area contributed by atoms with Crippen molar-refractivity contribution >= 4 is 32.7 Å². The van der Waals surface area contributed by atoms with Crippen LogP contribution < -0.4 is 4.90 Å². The molecule has 0 N–H and O–H groups in total. The molecule has 5 rings (SSSR count). The van der Waals surface area contributed by atoms with Gasteiger partial charge in [0.25, 0.3) is 10.0 Å². The normalized spacial score (nSPS) is 15.8. The van der Waals surface area contributed by atoms with Crippen LogP contribution >= 0.6 is 0 Å².